The Balaban J connectivity index is 1.75. The summed E-state index contributed by atoms with van der Waals surface area (Å²) in [5, 5.41) is 2.53. The fourth-order valence-electron chi connectivity index (χ4n) is 4.61. The first-order chi connectivity index (χ1) is 14.9. The summed E-state index contributed by atoms with van der Waals surface area (Å²) in [6.45, 7) is 3.24. The average molecular weight is 394 g/mol. The van der Waals surface area contributed by atoms with Gasteiger partial charge in [-0.15, -0.1) is 0 Å². The monoisotopic (exact) mass is 393 g/mol. The van der Waals surface area contributed by atoms with E-state index in [0.29, 0.717) is 0 Å². The van der Waals surface area contributed by atoms with Crippen molar-refractivity contribution in [2.75, 3.05) is 6.54 Å². The minimum Gasteiger partial charge on any atom is -0.470 e. The van der Waals surface area contributed by atoms with Gasteiger partial charge in [-0.25, -0.2) is 0 Å². The maximum atomic E-state index is 6.71. The van der Waals surface area contributed by atoms with Crippen LogP contribution in [0.2, 0.25) is 0 Å². The second kappa shape index (κ2) is 8.33. The van der Waals surface area contributed by atoms with E-state index in [0.717, 1.165) is 25.1 Å². The van der Waals surface area contributed by atoms with Crippen molar-refractivity contribution in [2.24, 2.45) is 0 Å². The van der Waals surface area contributed by atoms with Gasteiger partial charge in [0.1, 0.15) is 5.75 Å². The molecule has 0 aliphatic carbocycles. The lowest BCUT2D eigenvalue weighted by molar-refractivity contribution is -0.0195. The molecule has 0 radical (unpaired) electrons. The minimum absolute atomic E-state index is 0.100. The SMILES string of the molecule is CCCCN1C(c2ccccc2)Oc2ccc3ccccc3c2C1c1ccccc1. The first-order valence-electron chi connectivity index (χ1n) is 10.9. The number of nitrogens with zero attached hydrogens (tertiary/aromatic N) is 1. The van der Waals surface area contributed by atoms with E-state index in [1.165, 1.54) is 27.5 Å². The van der Waals surface area contributed by atoms with Crippen molar-refractivity contribution in [3.63, 3.8) is 0 Å². The maximum Gasteiger partial charge on any atom is 0.179 e. The number of benzene rings is 4. The van der Waals surface area contributed by atoms with Crippen LogP contribution in [0, 0.1) is 0 Å². The molecule has 0 N–H and O–H groups in total. The van der Waals surface area contributed by atoms with Crippen LogP contribution in [-0.2, 0) is 0 Å². The van der Waals surface area contributed by atoms with Gasteiger partial charge in [-0.3, -0.25) is 4.90 Å². The van der Waals surface area contributed by atoms with Gasteiger partial charge in [-0.2, -0.15) is 0 Å². The fourth-order valence-corrected chi connectivity index (χ4v) is 4.61. The van der Waals surface area contributed by atoms with Crippen LogP contribution in [0.3, 0.4) is 0 Å². The zero-order chi connectivity index (χ0) is 20.3. The van der Waals surface area contributed by atoms with Gasteiger partial charge in [-0.05, 0) is 28.8 Å². The van der Waals surface area contributed by atoms with Gasteiger partial charge < -0.3 is 4.74 Å². The fraction of sp³-hybridized carbons (Fsp3) is 0.214. The molecule has 2 unspecified atom stereocenters. The molecule has 4 aromatic rings. The van der Waals surface area contributed by atoms with Crippen molar-refractivity contribution in [3.8, 4) is 5.75 Å². The van der Waals surface area contributed by atoms with Crippen LogP contribution in [0.5, 0.6) is 5.75 Å². The van der Waals surface area contributed by atoms with E-state index in [1.54, 1.807) is 0 Å². The number of ether oxygens (including phenoxy) is 1. The van der Waals surface area contributed by atoms with Gasteiger partial charge in [-0.1, -0.05) is 104 Å². The van der Waals surface area contributed by atoms with E-state index < -0.39 is 0 Å². The Hall–Kier alpha value is -3.10. The summed E-state index contributed by atoms with van der Waals surface area (Å²) in [6, 6.07) is 34.7. The average Bonchev–Trinajstić information content (AvgIpc) is 2.82. The zero-order valence-corrected chi connectivity index (χ0v) is 17.4. The summed E-state index contributed by atoms with van der Waals surface area (Å²) in [5.74, 6) is 0.990. The first kappa shape index (κ1) is 18.9. The van der Waals surface area contributed by atoms with Crippen LogP contribution in [0.25, 0.3) is 10.8 Å². The number of rotatable bonds is 5. The lowest BCUT2D eigenvalue weighted by Gasteiger charge is -2.44. The molecule has 2 heteroatoms. The third kappa shape index (κ3) is 3.38. The summed E-state index contributed by atoms with van der Waals surface area (Å²) in [6.07, 6.45) is 2.19. The van der Waals surface area contributed by atoms with Crippen LogP contribution in [0.15, 0.2) is 97.1 Å². The quantitative estimate of drug-likeness (QED) is 0.358. The minimum atomic E-state index is -0.100. The summed E-state index contributed by atoms with van der Waals surface area (Å²) in [5.41, 5.74) is 3.80. The molecule has 1 heterocycles. The van der Waals surface area contributed by atoms with Gasteiger partial charge in [0.25, 0.3) is 0 Å². The van der Waals surface area contributed by atoms with Crippen LogP contribution < -0.4 is 4.74 Å². The molecule has 4 aromatic carbocycles. The van der Waals surface area contributed by atoms with Crippen molar-refractivity contribution < 1.29 is 4.74 Å². The predicted octanol–water partition coefficient (Wildman–Crippen LogP) is 7.12. The predicted molar refractivity (Wildman–Crippen MR) is 124 cm³/mol. The summed E-state index contributed by atoms with van der Waals surface area (Å²) in [7, 11) is 0. The Bertz CT molecular complexity index is 1120. The molecular weight excluding hydrogens is 366 g/mol. The lowest BCUT2D eigenvalue weighted by Crippen LogP contribution is -2.41. The molecular formula is C28H27NO. The number of fused-ring (bicyclic) bond motifs is 3. The molecule has 0 saturated heterocycles. The summed E-state index contributed by atoms with van der Waals surface area (Å²) in [4.78, 5) is 2.54. The van der Waals surface area contributed by atoms with Crippen molar-refractivity contribution in [1.82, 2.24) is 4.90 Å². The third-order valence-electron chi connectivity index (χ3n) is 6.05. The van der Waals surface area contributed by atoms with Crippen molar-refractivity contribution in [1.29, 1.82) is 0 Å². The largest absolute Gasteiger partial charge is 0.470 e. The second-order valence-corrected chi connectivity index (χ2v) is 7.98. The highest BCUT2D eigenvalue weighted by molar-refractivity contribution is 5.89. The Morgan fingerprint density at radius 2 is 1.40 bits per heavy atom. The van der Waals surface area contributed by atoms with E-state index in [9.17, 15) is 0 Å². The molecule has 2 nitrogen and oxygen atoms in total. The smallest absolute Gasteiger partial charge is 0.179 e. The number of hydrogen-bond donors (Lipinski definition) is 0. The molecule has 0 amide bonds. The van der Waals surface area contributed by atoms with Crippen molar-refractivity contribution in [3.05, 3.63) is 114 Å². The maximum absolute atomic E-state index is 6.71. The highest BCUT2D eigenvalue weighted by atomic mass is 16.5. The van der Waals surface area contributed by atoms with E-state index in [1.807, 2.05) is 0 Å². The van der Waals surface area contributed by atoms with E-state index in [2.05, 4.69) is 109 Å². The van der Waals surface area contributed by atoms with E-state index in [-0.39, 0.29) is 12.3 Å². The lowest BCUT2D eigenvalue weighted by atomic mass is 9.89. The molecule has 1 aliphatic heterocycles. The van der Waals surface area contributed by atoms with Crippen LogP contribution >= 0.6 is 0 Å². The normalized spacial score (nSPS) is 18.7. The summed E-state index contributed by atoms with van der Waals surface area (Å²) < 4.78 is 6.71. The second-order valence-electron chi connectivity index (χ2n) is 7.98. The topological polar surface area (TPSA) is 12.5 Å². The Morgan fingerprint density at radius 3 is 2.13 bits per heavy atom. The van der Waals surface area contributed by atoms with Crippen LogP contribution in [0.1, 0.15) is 48.7 Å². The van der Waals surface area contributed by atoms with Gasteiger partial charge in [0.2, 0.25) is 0 Å². The Kier molecular flexibility index (Phi) is 5.25. The molecule has 5 rings (SSSR count). The highest BCUT2D eigenvalue weighted by Gasteiger charge is 2.38. The zero-order valence-electron chi connectivity index (χ0n) is 17.4. The molecule has 1 aliphatic rings. The summed E-state index contributed by atoms with van der Waals surface area (Å²) >= 11 is 0. The Labute approximate surface area is 178 Å². The molecule has 2 atom stereocenters. The first-order valence-corrected chi connectivity index (χ1v) is 10.9. The number of hydrogen-bond acceptors (Lipinski definition) is 2. The molecule has 0 aromatic heterocycles. The molecule has 150 valence electrons. The highest BCUT2D eigenvalue weighted by Crippen LogP contribution is 2.48. The third-order valence-corrected chi connectivity index (χ3v) is 6.05. The van der Waals surface area contributed by atoms with Gasteiger partial charge >= 0.3 is 0 Å². The van der Waals surface area contributed by atoms with Gasteiger partial charge in [0, 0.05) is 17.7 Å². The molecule has 30 heavy (non-hydrogen) atoms. The van der Waals surface area contributed by atoms with Crippen LogP contribution in [0.4, 0.5) is 0 Å². The van der Waals surface area contributed by atoms with Crippen LogP contribution in [-0.4, -0.2) is 11.4 Å². The molecule has 0 spiro atoms. The molecule has 0 bridgehead atoms. The van der Waals surface area contributed by atoms with E-state index >= 15 is 0 Å². The van der Waals surface area contributed by atoms with E-state index in [4.69, 9.17) is 4.74 Å². The number of unbranched alkanes of at least 4 members (excludes halogenated alkanes) is 1. The Morgan fingerprint density at radius 1 is 0.733 bits per heavy atom. The van der Waals surface area contributed by atoms with Gasteiger partial charge in [0.15, 0.2) is 6.23 Å². The molecule has 0 saturated carbocycles. The molecule has 0 fully saturated rings. The van der Waals surface area contributed by atoms with Gasteiger partial charge in [0.05, 0.1) is 6.04 Å². The van der Waals surface area contributed by atoms with Crippen molar-refractivity contribution in [2.45, 2.75) is 32.0 Å². The van der Waals surface area contributed by atoms with Crippen molar-refractivity contribution >= 4 is 10.8 Å². The standard InChI is InChI=1S/C28H27NO/c1-2-3-20-29-27(22-13-6-4-7-14-22)26-24-17-11-10-12-21(24)18-19-25(26)30-28(29)23-15-8-5-9-16-23/h4-19,27-28H,2-3,20H2,1H3.